The molecule has 0 amide bonds. The molecule has 0 radical (unpaired) electrons. The maximum Gasteiger partial charge on any atom is 0.183 e. The van der Waals surface area contributed by atoms with Crippen LogP contribution >= 0.6 is 34.9 Å². The number of nitrogens with zero attached hydrogens (tertiary/aromatic N) is 4. The molecule has 2 rings (SSSR count). The van der Waals surface area contributed by atoms with Crippen molar-refractivity contribution in [3.05, 3.63) is 16.4 Å². The molecule has 0 atom stereocenters. The van der Waals surface area contributed by atoms with Crippen LogP contribution in [0, 0.1) is 0 Å². The molecule has 0 bridgehead atoms. The summed E-state index contributed by atoms with van der Waals surface area (Å²) in [7, 11) is 0. The lowest BCUT2D eigenvalue weighted by atomic mass is 10.6. The van der Waals surface area contributed by atoms with Gasteiger partial charge in [-0.25, -0.2) is 4.98 Å². The zero-order valence-corrected chi connectivity index (χ0v) is 8.66. The molecule has 0 aliphatic carbocycles. The van der Waals surface area contributed by atoms with Gasteiger partial charge in [-0.3, -0.25) is 5.10 Å². The van der Waals surface area contributed by atoms with E-state index in [1.54, 1.807) is 0 Å². The Labute approximate surface area is 87.1 Å². The maximum atomic E-state index is 5.81. The van der Waals surface area contributed by atoms with Crippen molar-refractivity contribution in [1.29, 1.82) is 0 Å². The van der Waals surface area contributed by atoms with E-state index >= 15 is 0 Å². The molecule has 0 aliphatic heterocycles. The van der Waals surface area contributed by atoms with Crippen LogP contribution in [0.3, 0.4) is 0 Å². The van der Waals surface area contributed by atoms with Gasteiger partial charge in [-0.2, -0.15) is 5.10 Å². The van der Waals surface area contributed by atoms with Gasteiger partial charge in [0.1, 0.15) is 16.4 Å². The number of H-pyrrole nitrogens is 1. The van der Waals surface area contributed by atoms with Crippen LogP contribution < -0.4 is 0 Å². The normalized spacial score (nSPS) is 10.5. The number of halogens is 1. The van der Waals surface area contributed by atoms with E-state index in [1.165, 1.54) is 29.6 Å². The van der Waals surface area contributed by atoms with Crippen molar-refractivity contribution >= 4 is 34.9 Å². The predicted molar refractivity (Wildman–Crippen MR) is 50.9 cm³/mol. The zero-order chi connectivity index (χ0) is 9.10. The average molecular weight is 234 g/mol. The molecular weight excluding hydrogens is 230 g/mol. The van der Waals surface area contributed by atoms with Gasteiger partial charge in [0.05, 0.1) is 0 Å². The number of nitrogens with one attached hydrogen (secondary N) is 1. The molecule has 0 aliphatic rings. The van der Waals surface area contributed by atoms with Gasteiger partial charge in [-0.05, 0) is 0 Å². The quantitative estimate of drug-likeness (QED) is 0.816. The van der Waals surface area contributed by atoms with Gasteiger partial charge in [-0.1, -0.05) is 27.9 Å². The highest BCUT2D eigenvalue weighted by atomic mass is 35.5. The van der Waals surface area contributed by atoms with E-state index in [4.69, 9.17) is 11.6 Å². The molecule has 0 unspecified atom stereocenters. The summed E-state index contributed by atoms with van der Waals surface area (Å²) in [5, 5.41) is 11.1. The lowest BCUT2D eigenvalue weighted by Crippen LogP contribution is -1.83. The Kier molecular flexibility index (Phi) is 2.77. The van der Waals surface area contributed by atoms with Crippen LogP contribution in [-0.2, 0) is 5.75 Å². The van der Waals surface area contributed by atoms with Crippen LogP contribution in [0.2, 0.25) is 4.34 Å². The molecule has 5 nitrogen and oxygen atoms in total. The molecule has 2 aromatic rings. The van der Waals surface area contributed by atoms with E-state index < -0.39 is 0 Å². The first-order valence-electron chi connectivity index (χ1n) is 3.31. The molecule has 0 fully saturated rings. The largest absolute Gasteiger partial charge is 0.254 e. The molecule has 0 saturated heterocycles. The van der Waals surface area contributed by atoms with Crippen molar-refractivity contribution in [1.82, 2.24) is 24.8 Å². The van der Waals surface area contributed by atoms with Gasteiger partial charge in [0.2, 0.25) is 0 Å². The van der Waals surface area contributed by atoms with Crippen LogP contribution in [0.1, 0.15) is 5.69 Å². The van der Waals surface area contributed by atoms with Gasteiger partial charge in [0.25, 0.3) is 0 Å². The number of aromatic amines is 1. The fourth-order valence-corrected chi connectivity index (χ4v) is 2.20. The number of aromatic nitrogens is 5. The molecular formula is C5H4ClN5S2. The van der Waals surface area contributed by atoms with Crippen LogP contribution in [0.4, 0.5) is 0 Å². The van der Waals surface area contributed by atoms with Crippen molar-refractivity contribution in [3.8, 4) is 0 Å². The van der Waals surface area contributed by atoms with Gasteiger partial charge in [0.15, 0.2) is 5.16 Å². The van der Waals surface area contributed by atoms with Crippen LogP contribution in [0.15, 0.2) is 11.5 Å². The molecule has 1 N–H and O–H groups in total. The van der Waals surface area contributed by atoms with E-state index in [2.05, 4.69) is 24.8 Å². The highest BCUT2D eigenvalue weighted by molar-refractivity contribution is 7.98. The number of hydrogen-bond acceptors (Lipinski definition) is 6. The molecule has 13 heavy (non-hydrogen) atoms. The highest BCUT2D eigenvalue weighted by Crippen LogP contribution is 2.24. The van der Waals surface area contributed by atoms with Crippen molar-refractivity contribution in [3.63, 3.8) is 0 Å². The van der Waals surface area contributed by atoms with Gasteiger partial charge < -0.3 is 0 Å². The third-order valence-corrected chi connectivity index (χ3v) is 3.12. The second-order valence-electron chi connectivity index (χ2n) is 2.07. The zero-order valence-electron chi connectivity index (χ0n) is 6.27. The Morgan fingerprint density at radius 3 is 3.15 bits per heavy atom. The monoisotopic (exact) mass is 233 g/mol. The van der Waals surface area contributed by atoms with Gasteiger partial charge in [-0.15, -0.1) is 5.10 Å². The smallest absolute Gasteiger partial charge is 0.183 e. The summed E-state index contributed by atoms with van der Waals surface area (Å²) in [6.07, 6.45) is 1.46. The molecule has 2 aromatic heterocycles. The molecule has 0 spiro atoms. The topological polar surface area (TPSA) is 67.3 Å². The molecule has 2 heterocycles. The summed E-state index contributed by atoms with van der Waals surface area (Å²) in [6.45, 7) is 0. The van der Waals surface area contributed by atoms with Gasteiger partial charge in [0, 0.05) is 17.3 Å². The van der Waals surface area contributed by atoms with Crippen molar-refractivity contribution in [2.45, 2.75) is 10.9 Å². The lowest BCUT2D eigenvalue weighted by molar-refractivity contribution is 0.970. The Hall–Kier alpha value is -0.660. The third-order valence-electron chi connectivity index (χ3n) is 1.25. The second kappa shape index (κ2) is 4.03. The minimum Gasteiger partial charge on any atom is -0.254 e. The highest BCUT2D eigenvalue weighted by Gasteiger charge is 2.06. The second-order valence-corrected chi connectivity index (χ2v) is 4.39. The number of rotatable bonds is 3. The first kappa shape index (κ1) is 8.92. The SMILES string of the molecule is Clc1snnc1CSc1ncn[nH]1. The minimum atomic E-state index is 0.631. The number of thioether (sulfide) groups is 1. The van der Waals surface area contributed by atoms with Crippen LogP contribution in [0.25, 0.3) is 0 Å². The minimum absolute atomic E-state index is 0.631. The average Bonchev–Trinajstić information content (AvgIpc) is 2.72. The molecule has 0 aromatic carbocycles. The molecule has 0 saturated carbocycles. The van der Waals surface area contributed by atoms with Crippen molar-refractivity contribution in [2.24, 2.45) is 0 Å². The summed E-state index contributed by atoms with van der Waals surface area (Å²) in [6, 6.07) is 0. The van der Waals surface area contributed by atoms with E-state index in [0.29, 0.717) is 10.1 Å². The predicted octanol–water partition coefficient (Wildman–Crippen LogP) is 1.60. The lowest BCUT2D eigenvalue weighted by Gasteiger charge is -1.92. The fourth-order valence-electron chi connectivity index (χ4n) is 0.684. The van der Waals surface area contributed by atoms with Crippen molar-refractivity contribution in [2.75, 3.05) is 0 Å². The standard InChI is InChI=1S/C5H4ClN5S2/c6-4-3(9-11-13-4)1-12-5-7-2-8-10-5/h2H,1H2,(H,7,8,10). The molecule has 68 valence electrons. The Morgan fingerprint density at radius 1 is 1.62 bits per heavy atom. The summed E-state index contributed by atoms with van der Waals surface area (Å²) in [4.78, 5) is 3.95. The van der Waals surface area contributed by atoms with E-state index in [1.807, 2.05) is 0 Å². The number of hydrogen-bond donors (Lipinski definition) is 1. The Balaban J connectivity index is 1.97. The van der Waals surface area contributed by atoms with Crippen molar-refractivity contribution < 1.29 is 0 Å². The maximum absolute atomic E-state index is 5.81. The molecule has 8 heteroatoms. The summed E-state index contributed by atoms with van der Waals surface area (Å²) < 4.78 is 4.35. The first-order valence-corrected chi connectivity index (χ1v) is 5.45. The Morgan fingerprint density at radius 2 is 2.54 bits per heavy atom. The fraction of sp³-hybridized carbons (Fsp3) is 0.200. The van der Waals surface area contributed by atoms with Gasteiger partial charge >= 0.3 is 0 Å². The van der Waals surface area contributed by atoms with E-state index in [0.717, 1.165) is 10.9 Å². The third kappa shape index (κ3) is 2.17. The summed E-state index contributed by atoms with van der Waals surface area (Å²) >= 11 is 8.49. The summed E-state index contributed by atoms with van der Waals surface area (Å²) in [5.41, 5.74) is 0.785. The summed E-state index contributed by atoms with van der Waals surface area (Å²) in [5.74, 6) is 0.657. The van der Waals surface area contributed by atoms with E-state index in [9.17, 15) is 0 Å². The van der Waals surface area contributed by atoms with Crippen LogP contribution in [0.5, 0.6) is 0 Å². The Bertz CT molecular complexity index is 372. The van der Waals surface area contributed by atoms with E-state index in [-0.39, 0.29) is 0 Å². The van der Waals surface area contributed by atoms with Crippen LogP contribution in [-0.4, -0.2) is 24.8 Å². The first-order chi connectivity index (χ1) is 6.36.